The molecule has 4 aromatic rings. The number of rotatable bonds is 6. The molecule has 2 N–H and O–H groups in total. The average molecular weight is 473 g/mol. The van der Waals surface area contributed by atoms with E-state index in [0.717, 1.165) is 46.5 Å². The second kappa shape index (κ2) is 9.26. The molecule has 8 heteroatoms. The molecule has 0 radical (unpaired) electrons. The van der Waals surface area contributed by atoms with Crippen molar-refractivity contribution >= 4 is 33.7 Å². The number of aromatic amines is 1. The summed E-state index contributed by atoms with van der Waals surface area (Å²) in [5, 5.41) is 11.4. The largest absolute Gasteiger partial charge is 0.386 e. The fourth-order valence-electron chi connectivity index (χ4n) is 5.05. The molecule has 35 heavy (non-hydrogen) atoms. The van der Waals surface area contributed by atoms with Crippen LogP contribution in [-0.2, 0) is 11.2 Å². The summed E-state index contributed by atoms with van der Waals surface area (Å²) in [5.74, 6) is 0.811. The Bertz CT molecular complexity index is 1340. The van der Waals surface area contributed by atoms with Crippen molar-refractivity contribution in [2.45, 2.75) is 45.1 Å². The number of amides is 1. The van der Waals surface area contributed by atoms with Crippen molar-refractivity contribution in [3.63, 3.8) is 0 Å². The van der Waals surface area contributed by atoms with Gasteiger partial charge in [0.2, 0.25) is 5.91 Å². The predicted molar refractivity (Wildman–Crippen MR) is 137 cm³/mol. The zero-order valence-electron chi connectivity index (χ0n) is 20.6. The highest BCUT2D eigenvalue weighted by molar-refractivity contribution is 5.87. The van der Waals surface area contributed by atoms with Crippen LogP contribution in [0.25, 0.3) is 22.1 Å². The van der Waals surface area contributed by atoms with Crippen molar-refractivity contribution in [3.05, 3.63) is 59.7 Å². The molecule has 1 amide bonds. The van der Waals surface area contributed by atoms with Crippen LogP contribution in [0.1, 0.15) is 36.2 Å². The van der Waals surface area contributed by atoms with Crippen LogP contribution in [0.4, 0.5) is 5.69 Å². The summed E-state index contributed by atoms with van der Waals surface area (Å²) in [6.45, 7) is 5.73. The van der Waals surface area contributed by atoms with E-state index < -0.39 is 5.60 Å². The number of piperidine rings is 1. The second-order valence-electron chi connectivity index (χ2n) is 9.84. The van der Waals surface area contributed by atoms with Gasteiger partial charge in [0, 0.05) is 45.4 Å². The van der Waals surface area contributed by atoms with E-state index in [2.05, 4.69) is 50.8 Å². The fraction of sp³-hybridized carbons (Fsp3) is 0.407. The lowest BCUT2D eigenvalue weighted by atomic mass is 9.91. The number of aryl methyl sites for hydroxylation is 3. The number of H-pyrrole nitrogens is 1. The second-order valence-corrected chi connectivity index (χ2v) is 9.84. The van der Waals surface area contributed by atoms with Gasteiger partial charge in [0.1, 0.15) is 11.3 Å². The average Bonchev–Trinajstić information content (AvgIpc) is 3.23. The zero-order chi connectivity index (χ0) is 24.6. The molecular formula is C27H32N6O2. The molecule has 0 saturated carbocycles. The maximum Gasteiger partial charge on any atom is 0.222 e. The molecule has 0 unspecified atom stereocenters. The monoisotopic (exact) mass is 472 g/mol. The molecule has 1 aliphatic rings. The predicted octanol–water partition coefficient (Wildman–Crippen LogP) is 3.55. The minimum atomic E-state index is -0.985. The number of likely N-dealkylation sites (N-methyl/N-ethyl adjacent to an activating group) is 1. The number of imidazole rings is 1. The Balaban J connectivity index is 1.23. The summed E-state index contributed by atoms with van der Waals surface area (Å²) < 4.78 is 0. The van der Waals surface area contributed by atoms with Gasteiger partial charge in [-0.1, -0.05) is 0 Å². The number of β-amino-alcohol motifs (C(OH)–C–C–N with tert-alkyl or cyclic N) is 1. The molecule has 1 aromatic carbocycles. The number of nitrogens with zero attached hydrogens (tertiary/aromatic N) is 5. The van der Waals surface area contributed by atoms with Gasteiger partial charge in [0.15, 0.2) is 0 Å². The molecule has 3 aromatic heterocycles. The van der Waals surface area contributed by atoms with Crippen LogP contribution in [0.2, 0.25) is 0 Å². The molecule has 0 aliphatic carbocycles. The molecule has 182 valence electrons. The number of fused-ring (bicyclic) bond motifs is 2. The third-order valence-corrected chi connectivity index (χ3v) is 7.05. The Labute approximate surface area is 205 Å². The summed E-state index contributed by atoms with van der Waals surface area (Å²) >= 11 is 0. The van der Waals surface area contributed by atoms with Crippen molar-refractivity contribution in [1.29, 1.82) is 0 Å². The minimum Gasteiger partial charge on any atom is -0.386 e. The number of carbonyl (C=O) groups excluding carboxylic acids is 1. The Kier molecular flexibility index (Phi) is 6.15. The van der Waals surface area contributed by atoms with Gasteiger partial charge >= 0.3 is 0 Å². The van der Waals surface area contributed by atoms with Crippen LogP contribution in [0.15, 0.2) is 42.7 Å². The minimum absolute atomic E-state index is 0.000562. The number of hydrogen-bond acceptors (Lipinski definition) is 6. The quantitative estimate of drug-likeness (QED) is 0.445. The molecule has 8 nitrogen and oxygen atoms in total. The highest BCUT2D eigenvalue weighted by Gasteiger charge is 2.36. The number of anilines is 1. The van der Waals surface area contributed by atoms with Crippen molar-refractivity contribution in [2.75, 3.05) is 31.6 Å². The molecule has 1 saturated heterocycles. The van der Waals surface area contributed by atoms with E-state index in [4.69, 9.17) is 0 Å². The number of nitrogens with one attached hydrogen (secondary N) is 1. The van der Waals surface area contributed by atoms with Gasteiger partial charge in [0.05, 0.1) is 34.4 Å². The Morgan fingerprint density at radius 1 is 1.17 bits per heavy atom. The van der Waals surface area contributed by atoms with Gasteiger partial charge in [-0.2, -0.15) is 0 Å². The lowest BCUT2D eigenvalue weighted by molar-refractivity contribution is -0.133. The van der Waals surface area contributed by atoms with E-state index in [9.17, 15) is 9.90 Å². The first-order chi connectivity index (χ1) is 16.8. The van der Waals surface area contributed by atoms with Crippen molar-refractivity contribution < 1.29 is 9.90 Å². The first-order valence-corrected chi connectivity index (χ1v) is 12.2. The summed E-state index contributed by atoms with van der Waals surface area (Å²) in [4.78, 5) is 33.6. The zero-order valence-corrected chi connectivity index (χ0v) is 20.6. The lowest BCUT2D eigenvalue weighted by Gasteiger charge is -2.42. The third-order valence-electron chi connectivity index (χ3n) is 7.05. The summed E-state index contributed by atoms with van der Waals surface area (Å²) in [5.41, 5.74) is 6.00. The number of aliphatic hydroxyl groups is 1. The lowest BCUT2D eigenvalue weighted by Crippen LogP contribution is -2.54. The van der Waals surface area contributed by atoms with Crippen molar-refractivity contribution in [1.82, 2.24) is 24.8 Å². The van der Waals surface area contributed by atoms with Crippen LogP contribution in [0.5, 0.6) is 0 Å². The van der Waals surface area contributed by atoms with Gasteiger partial charge in [-0.3, -0.25) is 14.8 Å². The molecule has 4 heterocycles. The number of aromatic nitrogens is 4. The van der Waals surface area contributed by atoms with Crippen molar-refractivity contribution in [3.8, 4) is 0 Å². The fourth-order valence-corrected chi connectivity index (χ4v) is 5.05. The van der Waals surface area contributed by atoms with Crippen molar-refractivity contribution in [2.24, 2.45) is 0 Å². The molecular weight excluding hydrogens is 440 g/mol. The summed E-state index contributed by atoms with van der Waals surface area (Å²) in [7, 11) is 1.77. The molecule has 1 fully saturated rings. The van der Waals surface area contributed by atoms with Gasteiger partial charge in [0.25, 0.3) is 0 Å². The van der Waals surface area contributed by atoms with E-state index in [1.807, 2.05) is 18.2 Å². The molecule has 1 aliphatic heterocycles. The van der Waals surface area contributed by atoms with Crippen LogP contribution < -0.4 is 4.90 Å². The first-order valence-electron chi connectivity index (χ1n) is 12.2. The Hall–Kier alpha value is -3.52. The highest BCUT2D eigenvalue weighted by Crippen LogP contribution is 2.30. The van der Waals surface area contributed by atoms with Crippen LogP contribution in [-0.4, -0.2) is 68.1 Å². The van der Waals surface area contributed by atoms with Crippen LogP contribution in [0.3, 0.4) is 0 Å². The van der Waals surface area contributed by atoms with E-state index >= 15 is 0 Å². The Morgan fingerprint density at radius 2 is 2.00 bits per heavy atom. The van der Waals surface area contributed by atoms with E-state index in [1.54, 1.807) is 24.3 Å². The SMILES string of the molecule is Cc1cc2nc(CCC(=O)N(C)C[C@]3(O)CCCN(c4ccnc5cccnc45)C3)[nH]c2cc1C. The third kappa shape index (κ3) is 4.84. The number of carbonyl (C=O) groups is 1. The maximum absolute atomic E-state index is 12.9. The molecule has 1 atom stereocenters. The highest BCUT2D eigenvalue weighted by atomic mass is 16.3. The molecule has 0 spiro atoms. The van der Waals surface area contributed by atoms with E-state index in [-0.39, 0.29) is 12.5 Å². The number of benzene rings is 1. The van der Waals surface area contributed by atoms with Gasteiger partial charge in [-0.25, -0.2) is 4.98 Å². The van der Waals surface area contributed by atoms with Gasteiger partial charge in [-0.15, -0.1) is 0 Å². The van der Waals surface area contributed by atoms with Gasteiger partial charge in [-0.05, 0) is 68.1 Å². The van der Waals surface area contributed by atoms with E-state index in [0.29, 0.717) is 25.8 Å². The van der Waals surface area contributed by atoms with Crippen LogP contribution in [0, 0.1) is 13.8 Å². The number of hydrogen-bond donors (Lipinski definition) is 2. The molecule has 5 rings (SSSR count). The molecule has 0 bridgehead atoms. The maximum atomic E-state index is 12.9. The summed E-state index contributed by atoms with van der Waals surface area (Å²) in [6, 6.07) is 9.94. The summed E-state index contributed by atoms with van der Waals surface area (Å²) in [6.07, 6.45) is 5.92. The van der Waals surface area contributed by atoms with Gasteiger partial charge < -0.3 is 19.9 Å². The smallest absolute Gasteiger partial charge is 0.222 e. The standard InChI is InChI=1S/C27H32N6O2/c1-18-14-21-22(15-19(18)2)31-24(30-21)7-8-25(34)32(3)16-27(35)10-5-13-33(17-27)23-9-12-28-20-6-4-11-29-26(20)23/h4,6,9,11-12,14-15,35H,5,7-8,10,13,16-17H2,1-3H3,(H,30,31)/t27-/m1/s1. The van der Waals surface area contributed by atoms with Crippen LogP contribution >= 0.6 is 0 Å². The number of pyridine rings is 2. The normalized spacial score (nSPS) is 18.3. The van der Waals surface area contributed by atoms with E-state index in [1.165, 1.54) is 11.1 Å². The topological polar surface area (TPSA) is 98.2 Å². The first kappa shape index (κ1) is 23.2. The Morgan fingerprint density at radius 3 is 2.86 bits per heavy atom.